The Hall–Kier alpha value is -1.86. The number of rotatable bonds is 6. The Morgan fingerprint density at radius 2 is 2.00 bits per heavy atom. The van der Waals surface area contributed by atoms with Crippen LogP contribution in [0.15, 0.2) is 39.8 Å². The Kier molecular flexibility index (Phi) is 4.41. The van der Waals surface area contributed by atoms with Gasteiger partial charge in [0.2, 0.25) is 0 Å². The molecule has 108 valence electrons. The third kappa shape index (κ3) is 3.58. The van der Waals surface area contributed by atoms with Crippen molar-refractivity contribution in [3.8, 4) is 0 Å². The van der Waals surface area contributed by atoms with Crippen molar-refractivity contribution in [1.82, 2.24) is 5.16 Å². The van der Waals surface area contributed by atoms with Gasteiger partial charge in [-0.05, 0) is 31.2 Å². The van der Waals surface area contributed by atoms with Crippen molar-refractivity contribution < 1.29 is 18.0 Å². The van der Waals surface area contributed by atoms with Gasteiger partial charge in [-0.3, -0.25) is 0 Å². The molecule has 6 nitrogen and oxygen atoms in total. The molecular weight excluding hydrogens is 280 g/mol. The molecule has 2 rings (SSSR count). The van der Waals surface area contributed by atoms with Gasteiger partial charge in [0, 0.05) is 11.8 Å². The summed E-state index contributed by atoms with van der Waals surface area (Å²) in [5.74, 6) is 0.477. The van der Waals surface area contributed by atoms with Crippen molar-refractivity contribution in [2.45, 2.75) is 18.4 Å². The molecule has 0 bridgehead atoms. The van der Waals surface area contributed by atoms with E-state index in [0.717, 1.165) is 17.1 Å². The first-order valence-corrected chi connectivity index (χ1v) is 7.76. The smallest absolute Gasteiger partial charge is 0.180 e. The van der Waals surface area contributed by atoms with Gasteiger partial charge in [-0.1, -0.05) is 5.16 Å². The van der Waals surface area contributed by atoms with Crippen LogP contribution in [0.2, 0.25) is 0 Å². The molecule has 1 aromatic heterocycles. The molecule has 7 heteroatoms. The van der Waals surface area contributed by atoms with Gasteiger partial charge in [0.05, 0.1) is 23.8 Å². The summed E-state index contributed by atoms with van der Waals surface area (Å²) in [4.78, 5) is 0.203. The first-order chi connectivity index (χ1) is 9.51. The van der Waals surface area contributed by atoms with Gasteiger partial charge in [-0.15, -0.1) is 0 Å². The van der Waals surface area contributed by atoms with Crippen molar-refractivity contribution in [3.05, 3.63) is 41.8 Å². The number of hydrogen-bond acceptors (Lipinski definition) is 6. The lowest BCUT2D eigenvalue weighted by molar-refractivity contribution is 0.319. The average molecular weight is 296 g/mol. The number of aliphatic hydroxyl groups excluding tert-OH is 1. The second-order valence-electron chi connectivity index (χ2n) is 4.35. The molecule has 1 aromatic carbocycles. The van der Waals surface area contributed by atoms with Gasteiger partial charge in [0.15, 0.2) is 9.84 Å². The fourth-order valence-electron chi connectivity index (χ4n) is 1.71. The molecule has 0 aliphatic rings. The molecule has 0 atom stereocenters. The van der Waals surface area contributed by atoms with Gasteiger partial charge in [0.25, 0.3) is 0 Å². The summed E-state index contributed by atoms with van der Waals surface area (Å²) in [6, 6.07) is 8.21. The number of aryl methyl sites for hydroxylation is 1. The number of benzene rings is 1. The molecule has 1 heterocycles. The quantitative estimate of drug-likeness (QED) is 0.836. The van der Waals surface area contributed by atoms with Gasteiger partial charge < -0.3 is 14.9 Å². The van der Waals surface area contributed by atoms with E-state index in [0.29, 0.717) is 6.54 Å². The van der Waals surface area contributed by atoms with Crippen molar-refractivity contribution in [1.29, 1.82) is 0 Å². The molecule has 0 radical (unpaired) electrons. The largest absolute Gasteiger partial charge is 0.395 e. The van der Waals surface area contributed by atoms with Gasteiger partial charge >= 0.3 is 0 Å². The average Bonchev–Trinajstić information content (AvgIpc) is 2.83. The molecule has 2 N–H and O–H groups in total. The molecule has 0 aliphatic carbocycles. The maximum atomic E-state index is 11.7. The Morgan fingerprint density at radius 3 is 2.55 bits per heavy atom. The zero-order valence-corrected chi connectivity index (χ0v) is 11.9. The third-order valence-corrected chi connectivity index (χ3v) is 4.43. The molecule has 2 aromatic rings. The van der Waals surface area contributed by atoms with E-state index >= 15 is 0 Å². The van der Waals surface area contributed by atoms with E-state index in [1.54, 1.807) is 12.1 Å². The highest BCUT2D eigenvalue weighted by Crippen LogP contribution is 2.16. The molecule has 0 saturated carbocycles. The second kappa shape index (κ2) is 6.06. The second-order valence-corrected chi connectivity index (χ2v) is 6.46. The lowest BCUT2D eigenvalue weighted by atomic mass is 10.3. The number of nitrogens with zero attached hydrogens (tertiary/aromatic N) is 1. The van der Waals surface area contributed by atoms with E-state index in [-0.39, 0.29) is 17.3 Å². The Morgan fingerprint density at radius 1 is 1.30 bits per heavy atom. The maximum Gasteiger partial charge on any atom is 0.180 e. The maximum absolute atomic E-state index is 11.7. The molecular formula is C13H16N2O4S. The predicted molar refractivity (Wildman–Crippen MR) is 74.1 cm³/mol. The van der Waals surface area contributed by atoms with E-state index in [4.69, 9.17) is 9.63 Å². The zero-order valence-electron chi connectivity index (χ0n) is 11.0. The first-order valence-electron chi connectivity index (χ1n) is 6.11. The van der Waals surface area contributed by atoms with E-state index < -0.39 is 9.84 Å². The summed E-state index contributed by atoms with van der Waals surface area (Å²) in [6.45, 7) is 1.94. The Bertz CT molecular complexity index is 662. The lowest BCUT2D eigenvalue weighted by Crippen LogP contribution is -2.10. The summed E-state index contributed by atoms with van der Waals surface area (Å²) in [6.07, 6.45) is 0. The molecule has 0 spiro atoms. The third-order valence-electron chi connectivity index (χ3n) is 2.72. The van der Waals surface area contributed by atoms with Crippen LogP contribution < -0.4 is 5.32 Å². The van der Waals surface area contributed by atoms with Crippen molar-refractivity contribution in [3.63, 3.8) is 0 Å². The monoisotopic (exact) mass is 296 g/mol. The number of nitrogens with one attached hydrogen (secondary N) is 1. The van der Waals surface area contributed by atoms with E-state index in [1.807, 2.05) is 13.0 Å². The van der Waals surface area contributed by atoms with E-state index in [1.165, 1.54) is 12.1 Å². The molecule has 0 unspecified atom stereocenters. The first kappa shape index (κ1) is 14.5. The number of sulfone groups is 1. The van der Waals surface area contributed by atoms with Crippen molar-refractivity contribution >= 4 is 15.5 Å². The van der Waals surface area contributed by atoms with Crippen LogP contribution in [0.3, 0.4) is 0 Å². The Balaban J connectivity index is 2.01. The van der Waals surface area contributed by atoms with Crippen molar-refractivity contribution in [2.24, 2.45) is 0 Å². The molecule has 0 aliphatic heterocycles. The normalized spacial score (nSPS) is 11.5. The summed E-state index contributed by atoms with van der Waals surface area (Å²) < 4.78 is 28.4. The van der Waals surface area contributed by atoms with Crippen LogP contribution in [0, 0.1) is 6.92 Å². The van der Waals surface area contributed by atoms with Crippen LogP contribution >= 0.6 is 0 Å². The van der Waals surface area contributed by atoms with Crippen LogP contribution in [-0.2, 0) is 16.4 Å². The highest BCUT2D eigenvalue weighted by Gasteiger charge is 2.13. The SMILES string of the molecule is Cc1cc(CNc2ccc(S(=O)(=O)CCO)cc2)no1. The van der Waals surface area contributed by atoms with Gasteiger partial charge in [-0.25, -0.2) is 8.42 Å². The summed E-state index contributed by atoms with van der Waals surface area (Å²) in [7, 11) is -3.40. The van der Waals surface area contributed by atoms with Crippen LogP contribution in [-0.4, -0.2) is 31.0 Å². The van der Waals surface area contributed by atoms with Crippen molar-refractivity contribution in [2.75, 3.05) is 17.7 Å². The van der Waals surface area contributed by atoms with E-state index in [2.05, 4.69) is 10.5 Å². The van der Waals surface area contributed by atoms with Gasteiger partial charge in [0.1, 0.15) is 11.5 Å². The number of anilines is 1. The number of hydrogen-bond donors (Lipinski definition) is 2. The summed E-state index contributed by atoms with van der Waals surface area (Å²) >= 11 is 0. The van der Waals surface area contributed by atoms with Crippen LogP contribution in [0.5, 0.6) is 0 Å². The minimum atomic E-state index is -3.40. The lowest BCUT2D eigenvalue weighted by Gasteiger charge is -2.06. The number of aromatic nitrogens is 1. The topological polar surface area (TPSA) is 92.4 Å². The summed E-state index contributed by atoms with van der Waals surface area (Å²) in [5.41, 5.74) is 1.56. The highest BCUT2D eigenvalue weighted by molar-refractivity contribution is 7.91. The number of aliphatic hydroxyl groups is 1. The Labute approximate surface area is 117 Å². The van der Waals surface area contributed by atoms with E-state index in [9.17, 15) is 8.42 Å². The minimum absolute atomic E-state index is 0.203. The predicted octanol–water partition coefficient (Wildman–Crippen LogP) is 1.36. The van der Waals surface area contributed by atoms with Crippen LogP contribution in [0.1, 0.15) is 11.5 Å². The fourth-order valence-corrected chi connectivity index (χ4v) is 2.74. The fraction of sp³-hybridized carbons (Fsp3) is 0.308. The molecule has 0 amide bonds. The molecule has 0 fully saturated rings. The highest BCUT2D eigenvalue weighted by atomic mass is 32.2. The van der Waals surface area contributed by atoms with Gasteiger partial charge in [-0.2, -0.15) is 0 Å². The van der Waals surface area contributed by atoms with Crippen LogP contribution in [0.25, 0.3) is 0 Å². The zero-order chi connectivity index (χ0) is 14.6. The summed E-state index contributed by atoms with van der Waals surface area (Å²) in [5, 5.41) is 15.7. The van der Waals surface area contributed by atoms with Crippen LogP contribution in [0.4, 0.5) is 5.69 Å². The molecule has 0 saturated heterocycles. The molecule has 20 heavy (non-hydrogen) atoms. The minimum Gasteiger partial charge on any atom is -0.395 e. The standard InChI is InChI=1S/C13H16N2O4S/c1-10-8-12(15-19-10)9-14-11-2-4-13(5-3-11)20(17,18)7-6-16/h2-5,8,14,16H,6-7,9H2,1H3.